The Hall–Kier alpha value is -4.63. The monoisotopic (exact) mass is 508 g/mol. The molecule has 9 nitrogen and oxygen atoms in total. The fourth-order valence-electron chi connectivity index (χ4n) is 4.63. The van der Waals surface area contributed by atoms with Crippen LogP contribution in [0.4, 0.5) is 11.5 Å². The smallest absolute Gasteiger partial charge is 0.223 e. The fraction of sp³-hybridized carbons (Fsp3) is 0.207. The van der Waals surface area contributed by atoms with Crippen LogP contribution in [0.1, 0.15) is 5.69 Å². The summed E-state index contributed by atoms with van der Waals surface area (Å²) in [6.07, 6.45) is 1.43. The quantitative estimate of drug-likeness (QED) is 0.294. The number of methoxy groups -OCH3 is 1. The number of rotatable bonds is 8. The molecule has 1 fully saturated rings. The van der Waals surface area contributed by atoms with Crippen molar-refractivity contribution < 1.29 is 14.2 Å². The third-order valence-corrected chi connectivity index (χ3v) is 6.61. The normalized spacial score (nSPS) is 13.3. The molecule has 5 aromatic rings. The van der Waals surface area contributed by atoms with Crippen LogP contribution in [0.3, 0.4) is 0 Å². The molecule has 192 valence electrons. The van der Waals surface area contributed by atoms with Crippen LogP contribution in [0.15, 0.2) is 73.1 Å². The number of nitrogens with one attached hydrogen (secondary N) is 1. The number of fused-ring (bicyclic) bond motifs is 1. The van der Waals surface area contributed by atoms with Gasteiger partial charge in [0.25, 0.3) is 0 Å². The molecule has 1 aliphatic rings. The largest absolute Gasteiger partial charge is 0.480 e. The Morgan fingerprint density at radius 1 is 1.00 bits per heavy atom. The van der Waals surface area contributed by atoms with E-state index in [0.717, 1.165) is 53.4 Å². The number of nitrogens with zero attached hydrogens (tertiary/aromatic N) is 4. The summed E-state index contributed by atoms with van der Waals surface area (Å²) in [4.78, 5) is 8.68. The van der Waals surface area contributed by atoms with E-state index in [1.165, 1.54) is 6.33 Å². The molecule has 38 heavy (non-hydrogen) atoms. The molecule has 4 heterocycles. The maximum Gasteiger partial charge on any atom is 0.223 e. The first-order chi connectivity index (χ1) is 18.6. The molecule has 0 amide bonds. The van der Waals surface area contributed by atoms with E-state index in [1.54, 1.807) is 11.6 Å². The minimum Gasteiger partial charge on any atom is -0.480 e. The zero-order valence-electron chi connectivity index (χ0n) is 21.2. The highest BCUT2D eigenvalue weighted by molar-refractivity contribution is 6.01. The number of pyridine rings is 1. The molecule has 0 spiro atoms. The van der Waals surface area contributed by atoms with Gasteiger partial charge in [-0.05, 0) is 48.4 Å². The first kappa shape index (κ1) is 23.7. The van der Waals surface area contributed by atoms with Crippen LogP contribution in [0.2, 0.25) is 0 Å². The highest BCUT2D eigenvalue weighted by Gasteiger charge is 2.25. The van der Waals surface area contributed by atoms with Gasteiger partial charge in [-0.3, -0.25) is 0 Å². The fourth-order valence-corrected chi connectivity index (χ4v) is 4.63. The van der Waals surface area contributed by atoms with E-state index in [0.29, 0.717) is 34.8 Å². The molecular formula is C29H28N6O3. The summed E-state index contributed by atoms with van der Waals surface area (Å²) in [7, 11) is 1.63. The summed E-state index contributed by atoms with van der Waals surface area (Å²) in [5, 5.41) is 7.94. The van der Waals surface area contributed by atoms with Crippen molar-refractivity contribution in [3.05, 3.63) is 78.8 Å². The van der Waals surface area contributed by atoms with Crippen LogP contribution >= 0.6 is 0 Å². The zero-order valence-corrected chi connectivity index (χ0v) is 21.2. The molecule has 0 radical (unpaired) electrons. The predicted octanol–water partition coefficient (Wildman–Crippen LogP) is 5.21. The maximum absolute atomic E-state index is 6.39. The minimum absolute atomic E-state index is 0.366. The highest BCUT2D eigenvalue weighted by Crippen LogP contribution is 2.45. The average molecular weight is 509 g/mol. The van der Waals surface area contributed by atoms with Crippen LogP contribution in [-0.4, -0.2) is 46.5 Å². The van der Waals surface area contributed by atoms with Crippen molar-refractivity contribution in [1.29, 1.82) is 0 Å². The lowest BCUT2D eigenvalue weighted by Crippen LogP contribution is -2.33. The van der Waals surface area contributed by atoms with Crippen molar-refractivity contribution in [1.82, 2.24) is 19.6 Å². The van der Waals surface area contributed by atoms with E-state index in [-0.39, 0.29) is 0 Å². The topological polar surface area (TPSA) is 109 Å². The lowest BCUT2D eigenvalue weighted by atomic mass is 9.96. The van der Waals surface area contributed by atoms with Gasteiger partial charge in [-0.15, -0.1) is 0 Å². The second-order valence-electron chi connectivity index (χ2n) is 9.27. The van der Waals surface area contributed by atoms with Crippen LogP contribution in [-0.2, 0) is 4.74 Å². The van der Waals surface area contributed by atoms with Crippen molar-refractivity contribution >= 4 is 17.0 Å². The van der Waals surface area contributed by atoms with Crippen LogP contribution in [0.25, 0.3) is 27.8 Å². The highest BCUT2D eigenvalue weighted by atomic mass is 16.5. The van der Waals surface area contributed by atoms with Gasteiger partial charge >= 0.3 is 0 Å². The Bertz CT molecular complexity index is 1580. The number of benzene rings is 2. The summed E-state index contributed by atoms with van der Waals surface area (Å²) in [5.74, 6) is 2.74. The molecule has 2 aromatic carbocycles. The van der Waals surface area contributed by atoms with Gasteiger partial charge in [0.15, 0.2) is 5.82 Å². The van der Waals surface area contributed by atoms with E-state index in [1.807, 2.05) is 49.4 Å². The van der Waals surface area contributed by atoms with E-state index in [2.05, 4.69) is 44.6 Å². The lowest BCUT2D eigenvalue weighted by molar-refractivity contribution is -0.0248. The number of aromatic nitrogens is 4. The van der Waals surface area contributed by atoms with Crippen LogP contribution < -0.4 is 20.5 Å². The Morgan fingerprint density at radius 3 is 2.42 bits per heavy atom. The second-order valence-corrected chi connectivity index (χ2v) is 9.27. The van der Waals surface area contributed by atoms with Gasteiger partial charge in [-0.2, -0.15) is 9.61 Å². The summed E-state index contributed by atoms with van der Waals surface area (Å²) >= 11 is 0. The zero-order chi connectivity index (χ0) is 26.1. The number of hydrogen-bond donors (Lipinski definition) is 2. The number of aryl methyl sites for hydroxylation is 1. The van der Waals surface area contributed by atoms with Crippen LogP contribution in [0, 0.1) is 12.8 Å². The average Bonchev–Trinajstić information content (AvgIpc) is 3.24. The molecule has 3 aromatic heterocycles. The molecule has 6 rings (SSSR count). The molecule has 0 bridgehead atoms. The number of nitrogen functional groups attached to an aromatic ring is 1. The molecule has 0 aliphatic carbocycles. The standard InChI is InChI=1S/C29H28N6O3/c1-18-4-3-5-24(34-18)38-23-12-8-20(9-13-23)25-26(29(36-2)35-27(25)28(30)32-17-33-35)21-6-10-22(11-7-21)31-14-19-15-37-16-19/h3-13,17,19,31H,14-16H2,1-2H3,(H2,30,32,33). The molecule has 3 N–H and O–H groups in total. The maximum atomic E-state index is 6.39. The van der Waals surface area contributed by atoms with Crippen molar-refractivity contribution in [3.63, 3.8) is 0 Å². The van der Waals surface area contributed by atoms with E-state index in [9.17, 15) is 0 Å². The summed E-state index contributed by atoms with van der Waals surface area (Å²) in [5.41, 5.74) is 12.7. The lowest BCUT2D eigenvalue weighted by Gasteiger charge is -2.26. The number of ether oxygens (including phenoxy) is 3. The Labute approximate surface area is 220 Å². The van der Waals surface area contributed by atoms with Crippen LogP contribution in [0.5, 0.6) is 17.5 Å². The van der Waals surface area contributed by atoms with E-state index >= 15 is 0 Å². The summed E-state index contributed by atoms with van der Waals surface area (Å²) in [6, 6.07) is 21.8. The first-order valence-electron chi connectivity index (χ1n) is 12.4. The number of anilines is 2. The Kier molecular flexibility index (Phi) is 6.27. The molecule has 1 aliphatic heterocycles. The first-order valence-corrected chi connectivity index (χ1v) is 12.4. The van der Waals surface area contributed by atoms with Gasteiger partial charge in [0, 0.05) is 35.5 Å². The van der Waals surface area contributed by atoms with Gasteiger partial charge in [-0.1, -0.05) is 30.3 Å². The predicted molar refractivity (Wildman–Crippen MR) is 147 cm³/mol. The van der Waals surface area contributed by atoms with Gasteiger partial charge in [0.2, 0.25) is 11.8 Å². The molecule has 0 saturated carbocycles. The molecular weight excluding hydrogens is 480 g/mol. The minimum atomic E-state index is 0.366. The van der Waals surface area contributed by atoms with E-state index in [4.69, 9.17) is 19.9 Å². The SMILES string of the molecule is COc1c(-c2ccc(NCC3COC3)cc2)c(-c2ccc(Oc3cccc(C)n3)cc2)c2c(N)ncnn12. The third kappa shape index (κ3) is 4.48. The van der Waals surface area contributed by atoms with Crippen molar-refractivity contribution in [2.45, 2.75) is 6.92 Å². The van der Waals surface area contributed by atoms with Crippen molar-refractivity contribution in [2.75, 3.05) is 37.9 Å². The van der Waals surface area contributed by atoms with Crippen molar-refractivity contribution in [3.8, 4) is 39.8 Å². The van der Waals surface area contributed by atoms with E-state index < -0.39 is 0 Å². The molecule has 0 atom stereocenters. The third-order valence-electron chi connectivity index (χ3n) is 6.61. The van der Waals surface area contributed by atoms with Gasteiger partial charge < -0.3 is 25.3 Å². The number of hydrogen-bond acceptors (Lipinski definition) is 8. The molecule has 9 heteroatoms. The second kappa shape index (κ2) is 10.0. The van der Waals surface area contributed by atoms with Gasteiger partial charge in [-0.25, -0.2) is 9.97 Å². The Balaban J connectivity index is 1.40. The summed E-state index contributed by atoms with van der Waals surface area (Å²) < 4.78 is 18.8. The Morgan fingerprint density at radius 2 is 1.74 bits per heavy atom. The van der Waals surface area contributed by atoms with Crippen molar-refractivity contribution in [2.24, 2.45) is 5.92 Å². The summed E-state index contributed by atoms with van der Waals surface area (Å²) in [6.45, 7) is 4.46. The molecule has 1 saturated heterocycles. The van der Waals surface area contributed by atoms with Gasteiger partial charge in [0.05, 0.1) is 25.9 Å². The number of nitrogens with two attached hydrogens (primary N) is 1. The molecule has 0 unspecified atom stereocenters. The van der Waals surface area contributed by atoms with Gasteiger partial charge in [0.1, 0.15) is 17.6 Å².